The highest BCUT2D eigenvalue weighted by molar-refractivity contribution is 7.08. The van der Waals surface area contributed by atoms with E-state index in [0.717, 1.165) is 24.9 Å². The van der Waals surface area contributed by atoms with Crippen molar-refractivity contribution in [2.24, 2.45) is 0 Å². The lowest BCUT2D eigenvalue weighted by atomic mass is 9.85. The summed E-state index contributed by atoms with van der Waals surface area (Å²) >= 11 is 1.38. The van der Waals surface area contributed by atoms with Gasteiger partial charge in [-0.3, -0.25) is 0 Å². The van der Waals surface area contributed by atoms with Crippen LogP contribution in [-0.2, 0) is 0 Å². The molecule has 0 spiro atoms. The van der Waals surface area contributed by atoms with Gasteiger partial charge in [0.25, 0.3) is 6.43 Å². The molecule has 84 valence electrons. The second-order valence-corrected chi connectivity index (χ2v) is 4.82. The van der Waals surface area contributed by atoms with Crippen LogP contribution in [0.4, 0.5) is 8.78 Å². The van der Waals surface area contributed by atoms with E-state index in [1.165, 1.54) is 11.3 Å². The van der Waals surface area contributed by atoms with E-state index in [0.29, 0.717) is 6.04 Å². The van der Waals surface area contributed by atoms with Crippen LogP contribution in [0.3, 0.4) is 0 Å². The standard InChI is InChI=1S/C11H15F2NS/c1-7-8(3-2-4-14-7)9-5-15-6-10(9)11(12)13/h5-8,11,14H,2-4H2,1H3. The van der Waals surface area contributed by atoms with Gasteiger partial charge in [-0.15, -0.1) is 0 Å². The molecule has 2 atom stereocenters. The first-order chi connectivity index (χ1) is 7.20. The molecule has 1 aromatic rings. The zero-order valence-electron chi connectivity index (χ0n) is 8.67. The minimum atomic E-state index is -2.33. The summed E-state index contributed by atoms with van der Waals surface area (Å²) in [5.41, 5.74) is 1.09. The molecule has 1 fully saturated rings. The number of piperidine rings is 1. The van der Waals surface area contributed by atoms with Gasteiger partial charge < -0.3 is 5.32 Å². The molecule has 2 rings (SSSR count). The normalized spacial score (nSPS) is 27.2. The highest BCUT2D eigenvalue weighted by Gasteiger charge is 2.27. The second-order valence-electron chi connectivity index (χ2n) is 4.07. The Morgan fingerprint density at radius 2 is 2.27 bits per heavy atom. The van der Waals surface area contributed by atoms with Gasteiger partial charge in [0.15, 0.2) is 0 Å². The van der Waals surface area contributed by atoms with Gasteiger partial charge in [-0.05, 0) is 42.6 Å². The van der Waals surface area contributed by atoms with Crippen molar-refractivity contribution >= 4 is 11.3 Å². The maximum absolute atomic E-state index is 12.7. The monoisotopic (exact) mass is 231 g/mol. The summed E-state index contributed by atoms with van der Waals surface area (Å²) in [6, 6.07) is 0.311. The van der Waals surface area contributed by atoms with Gasteiger partial charge >= 0.3 is 0 Å². The van der Waals surface area contributed by atoms with E-state index < -0.39 is 6.43 Å². The van der Waals surface area contributed by atoms with Gasteiger partial charge in [0.2, 0.25) is 0 Å². The van der Waals surface area contributed by atoms with Crippen LogP contribution in [0.25, 0.3) is 0 Å². The molecular formula is C11H15F2NS. The van der Waals surface area contributed by atoms with E-state index in [1.807, 2.05) is 5.38 Å². The quantitative estimate of drug-likeness (QED) is 0.821. The Bertz CT molecular complexity index is 324. The van der Waals surface area contributed by atoms with Gasteiger partial charge in [-0.1, -0.05) is 0 Å². The van der Waals surface area contributed by atoms with Gasteiger partial charge in [-0.25, -0.2) is 8.78 Å². The molecule has 2 unspecified atom stereocenters. The molecule has 2 heterocycles. The van der Waals surface area contributed by atoms with E-state index in [4.69, 9.17) is 0 Å². The van der Waals surface area contributed by atoms with Crippen LogP contribution < -0.4 is 5.32 Å². The van der Waals surface area contributed by atoms with Crippen LogP contribution in [0.2, 0.25) is 0 Å². The molecule has 0 amide bonds. The second kappa shape index (κ2) is 4.58. The first-order valence-corrected chi connectivity index (χ1v) is 6.22. The number of hydrogen-bond acceptors (Lipinski definition) is 2. The van der Waals surface area contributed by atoms with Crippen molar-refractivity contribution in [3.63, 3.8) is 0 Å². The summed E-state index contributed by atoms with van der Waals surface area (Å²) < 4.78 is 25.5. The van der Waals surface area contributed by atoms with Gasteiger partial charge in [-0.2, -0.15) is 11.3 Å². The molecule has 15 heavy (non-hydrogen) atoms. The molecule has 1 aliphatic rings. The highest BCUT2D eigenvalue weighted by atomic mass is 32.1. The Morgan fingerprint density at radius 3 is 2.93 bits per heavy atom. The molecule has 0 aliphatic carbocycles. The van der Waals surface area contributed by atoms with E-state index in [2.05, 4.69) is 12.2 Å². The minimum Gasteiger partial charge on any atom is -0.314 e. The van der Waals surface area contributed by atoms with Crippen molar-refractivity contribution in [1.82, 2.24) is 5.32 Å². The SMILES string of the molecule is CC1NCCCC1c1cscc1C(F)F. The van der Waals surface area contributed by atoms with Crippen LogP contribution in [0.1, 0.15) is 43.2 Å². The Labute approximate surface area is 92.5 Å². The molecule has 1 aliphatic heterocycles. The zero-order chi connectivity index (χ0) is 10.8. The molecule has 0 saturated carbocycles. The van der Waals surface area contributed by atoms with E-state index in [1.54, 1.807) is 5.38 Å². The van der Waals surface area contributed by atoms with Gasteiger partial charge in [0, 0.05) is 17.5 Å². The summed E-state index contributed by atoms with van der Waals surface area (Å²) in [4.78, 5) is 0. The zero-order valence-corrected chi connectivity index (χ0v) is 9.49. The smallest absolute Gasteiger partial charge is 0.264 e. The Balaban J connectivity index is 2.23. The lowest BCUT2D eigenvalue weighted by Crippen LogP contribution is -2.37. The van der Waals surface area contributed by atoms with Crippen LogP contribution in [0.15, 0.2) is 10.8 Å². The van der Waals surface area contributed by atoms with E-state index >= 15 is 0 Å². The average Bonchev–Trinajstić information content (AvgIpc) is 2.67. The summed E-state index contributed by atoms with van der Waals surface area (Å²) in [5.74, 6) is 0.258. The lowest BCUT2D eigenvalue weighted by Gasteiger charge is -2.30. The number of thiophene rings is 1. The summed E-state index contributed by atoms with van der Waals surface area (Å²) in [5, 5.41) is 6.82. The van der Waals surface area contributed by atoms with Gasteiger partial charge in [0.05, 0.1) is 0 Å². The first kappa shape index (κ1) is 11.0. The van der Waals surface area contributed by atoms with E-state index in [-0.39, 0.29) is 11.5 Å². The van der Waals surface area contributed by atoms with E-state index in [9.17, 15) is 8.78 Å². The van der Waals surface area contributed by atoms with Crippen molar-refractivity contribution in [1.29, 1.82) is 0 Å². The maximum Gasteiger partial charge on any atom is 0.264 e. The fourth-order valence-corrected chi connectivity index (χ4v) is 3.18. The Kier molecular flexibility index (Phi) is 3.36. The van der Waals surface area contributed by atoms with Crippen molar-refractivity contribution in [2.75, 3.05) is 6.54 Å². The first-order valence-electron chi connectivity index (χ1n) is 5.27. The molecule has 0 radical (unpaired) electrons. The predicted octanol–water partition coefficient (Wildman–Crippen LogP) is 3.54. The molecule has 0 bridgehead atoms. The predicted molar refractivity (Wildman–Crippen MR) is 58.7 cm³/mol. The van der Waals surface area contributed by atoms with Crippen molar-refractivity contribution < 1.29 is 8.78 Å². The fraction of sp³-hybridized carbons (Fsp3) is 0.636. The lowest BCUT2D eigenvalue weighted by molar-refractivity contribution is 0.149. The number of rotatable bonds is 2. The maximum atomic E-state index is 12.7. The molecule has 4 heteroatoms. The van der Waals surface area contributed by atoms with Crippen molar-refractivity contribution in [3.05, 3.63) is 21.9 Å². The molecule has 1 saturated heterocycles. The third-order valence-corrected chi connectivity index (χ3v) is 3.90. The van der Waals surface area contributed by atoms with Crippen molar-refractivity contribution in [3.8, 4) is 0 Å². The Morgan fingerprint density at radius 1 is 1.47 bits per heavy atom. The fourth-order valence-electron chi connectivity index (χ4n) is 2.26. The Hall–Kier alpha value is -0.480. The third kappa shape index (κ3) is 2.21. The number of hydrogen-bond donors (Lipinski definition) is 1. The topological polar surface area (TPSA) is 12.0 Å². The summed E-state index contributed by atoms with van der Waals surface area (Å²) in [6.45, 7) is 3.09. The van der Waals surface area contributed by atoms with Crippen LogP contribution in [0, 0.1) is 0 Å². The highest BCUT2D eigenvalue weighted by Crippen LogP contribution is 2.36. The largest absolute Gasteiger partial charge is 0.314 e. The van der Waals surface area contributed by atoms with Crippen LogP contribution in [-0.4, -0.2) is 12.6 Å². The number of halogens is 2. The molecule has 1 N–H and O–H groups in total. The molecule has 0 aromatic carbocycles. The van der Waals surface area contributed by atoms with Crippen molar-refractivity contribution in [2.45, 2.75) is 38.2 Å². The number of alkyl halides is 2. The van der Waals surface area contributed by atoms with Gasteiger partial charge in [0.1, 0.15) is 0 Å². The molecule has 1 nitrogen and oxygen atoms in total. The van der Waals surface area contributed by atoms with Crippen LogP contribution in [0.5, 0.6) is 0 Å². The third-order valence-electron chi connectivity index (χ3n) is 3.12. The summed E-state index contributed by atoms with van der Waals surface area (Å²) in [6.07, 6.45) is -0.238. The number of nitrogens with one attached hydrogen (secondary N) is 1. The minimum absolute atomic E-state index is 0.237. The molecule has 1 aromatic heterocycles. The summed E-state index contributed by atoms with van der Waals surface area (Å²) in [7, 11) is 0. The average molecular weight is 231 g/mol. The van der Waals surface area contributed by atoms with Crippen LogP contribution >= 0.6 is 11.3 Å². The molecular weight excluding hydrogens is 216 g/mol.